The van der Waals surface area contributed by atoms with Crippen LogP contribution in [-0.2, 0) is 4.79 Å². The second kappa shape index (κ2) is 7.31. The molecule has 3 rings (SSSR count). The van der Waals surface area contributed by atoms with E-state index in [-0.39, 0.29) is 11.6 Å². The summed E-state index contributed by atoms with van der Waals surface area (Å²) in [6.45, 7) is 1.68. The summed E-state index contributed by atoms with van der Waals surface area (Å²) in [5.41, 5.74) is 1.88. The molecule has 26 heavy (non-hydrogen) atoms. The van der Waals surface area contributed by atoms with E-state index in [4.69, 9.17) is 11.6 Å². The number of carbonyl (C=O) groups excluding carboxylic acids is 1. The van der Waals surface area contributed by atoms with Crippen LogP contribution in [0.15, 0.2) is 52.4 Å². The molecular formula is C18H14ClN3O3S. The molecule has 0 aliphatic carbocycles. The van der Waals surface area contributed by atoms with E-state index in [1.807, 2.05) is 0 Å². The van der Waals surface area contributed by atoms with Crippen LogP contribution in [0.25, 0.3) is 6.08 Å². The van der Waals surface area contributed by atoms with Gasteiger partial charge in [0.2, 0.25) is 0 Å². The third kappa shape index (κ3) is 3.79. The maximum absolute atomic E-state index is 12.5. The van der Waals surface area contributed by atoms with Crippen molar-refractivity contribution in [2.24, 2.45) is 4.99 Å². The summed E-state index contributed by atoms with van der Waals surface area (Å²) in [5, 5.41) is 12.2. The van der Waals surface area contributed by atoms with Gasteiger partial charge in [-0.1, -0.05) is 23.7 Å². The van der Waals surface area contributed by atoms with Crippen molar-refractivity contribution < 1.29 is 9.72 Å². The van der Waals surface area contributed by atoms with E-state index in [0.717, 1.165) is 0 Å². The Hall–Kier alpha value is -2.64. The lowest BCUT2D eigenvalue weighted by Gasteiger charge is -2.07. The Morgan fingerprint density at radius 3 is 2.58 bits per heavy atom. The van der Waals surface area contributed by atoms with Gasteiger partial charge in [-0.3, -0.25) is 19.8 Å². The van der Waals surface area contributed by atoms with E-state index in [0.29, 0.717) is 31.9 Å². The summed E-state index contributed by atoms with van der Waals surface area (Å²) in [6.07, 6.45) is 1.64. The van der Waals surface area contributed by atoms with Crippen LogP contribution in [0.3, 0.4) is 0 Å². The summed E-state index contributed by atoms with van der Waals surface area (Å²) < 4.78 is 0. The Morgan fingerprint density at radius 2 is 1.92 bits per heavy atom. The molecule has 0 aromatic heterocycles. The fourth-order valence-corrected chi connectivity index (χ4v) is 3.45. The largest absolute Gasteiger partial charge is 0.290 e. The third-order valence-corrected chi connectivity index (χ3v) is 5.09. The minimum Gasteiger partial charge on any atom is -0.290 e. The molecule has 0 bridgehead atoms. The highest BCUT2D eigenvalue weighted by Gasteiger charge is 2.30. The molecule has 1 heterocycles. The lowest BCUT2D eigenvalue weighted by molar-refractivity contribution is -0.385. The Kier molecular flexibility index (Phi) is 5.11. The number of nitro groups is 1. The number of rotatable bonds is 3. The maximum Gasteiger partial charge on any atom is 0.272 e. The molecule has 2 aromatic carbocycles. The number of carbonyl (C=O) groups is 1. The van der Waals surface area contributed by atoms with Crippen molar-refractivity contribution in [3.05, 3.63) is 73.6 Å². The van der Waals surface area contributed by atoms with Crippen LogP contribution in [0.4, 0.5) is 11.4 Å². The van der Waals surface area contributed by atoms with E-state index < -0.39 is 4.92 Å². The first-order valence-corrected chi connectivity index (χ1v) is 8.81. The Balaban J connectivity index is 1.91. The molecule has 1 aliphatic rings. The van der Waals surface area contributed by atoms with Gasteiger partial charge in [0.05, 0.1) is 15.5 Å². The molecule has 132 valence electrons. The van der Waals surface area contributed by atoms with Crippen LogP contribution < -0.4 is 0 Å². The first kappa shape index (κ1) is 18.2. The van der Waals surface area contributed by atoms with Crippen LogP contribution in [0.1, 0.15) is 11.1 Å². The SMILES string of the molecule is Cc1ccc(/C=C2/SC(=Nc3ccc(Cl)cc3)N(C)C2=O)cc1[N+](=O)[O-]. The van der Waals surface area contributed by atoms with Gasteiger partial charge in [-0.15, -0.1) is 0 Å². The fourth-order valence-electron chi connectivity index (χ4n) is 2.34. The van der Waals surface area contributed by atoms with E-state index >= 15 is 0 Å². The van der Waals surface area contributed by atoms with Crippen molar-refractivity contribution in [2.45, 2.75) is 6.92 Å². The lowest BCUT2D eigenvalue weighted by Crippen LogP contribution is -2.23. The molecule has 1 aliphatic heterocycles. The second-order valence-corrected chi connectivity index (χ2v) is 7.09. The highest BCUT2D eigenvalue weighted by Crippen LogP contribution is 2.34. The van der Waals surface area contributed by atoms with Gasteiger partial charge >= 0.3 is 0 Å². The van der Waals surface area contributed by atoms with Gasteiger partial charge in [-0.05, 0) is 54.6 Å². The maximum atomic E-state index is 12.5. The Bertz CT molecular complexity index is 955. The third-order valence-electron chi connectivity index (χ3n) is 3.78. The number of nitro benzene ring substituents is 1. The van der Waals surface area contributed by atoms with Crippen LogP contribution in [0.2, 0.25) is 5.02 Å². The zero-order valence-electron chi connectivity index (χ0n) is 14.0. The number of aryl methyl sites for hydroxylation is 1. The van der Waals surface area contributed by atoms with Crippen molar-refractivity contribution in [3.63, 3.8) is 0 Å². The molecule has 0 saturated carbocycles. The summed E-state index contributed by atoms with van der Waals surface area (Å²) in [6, 6.07) is 11.9. The van der Waals surface area contributed by atoms with E-state index in [1.54, 1.807) is 56.4 Å². The van der Waals surface area contributed by atoms with Crippen LogP contribution >= 0.6 is 23.4 Å². The lowest BCUT2D eigenvalue weighted by atomic mass is 10.1. The zero-order valence-corrected chi connectivity index (χ0v) is 15.5. The van der Waals surface area contributed by atoms with Gasteiger partial charge in [0.1, 0.15) is 0 Å². The highest BCUT2D eigenvalue weighted by atomic mass is 35.5. The number of benzene rings is 2. The molecule has 0 spiro atoms. The number of thioether (sulfide) groups is 1. The molecule has 6 nitrogen and oxygen atoms in total. The minimum absolute atomic E-state index is 0.0261. The fraction of sp³-hybridized carbons (Fsp3) is 0.111. The topological polar surface area (TPSA) is 75.8 Å². The van der Waals surface area contributed by atoms with Gasteiger partial charge in [0, 0.05) is 23.7 Å². The quantitative estimate of drug-likeness (QED) is 0.431. The molecular weight excluding hydrogens is 374 g/mol. The van der Waals surface area contributed by atoms with Gasteiger partial charge in [0.25, 0.3) is 11.6 Å². The Morgan fingerprint density at radius 1 is 1.23 bits per heavy atom. The molecule has 0 atom stereocenters. The number of aliphatic imine (C=N–C) groups is 1. The normalized spacial score (nSPS) is 17.3. The van der Waals surface area contributed by atoms with Gasteiger partial charge in [-0.25, -0.2) is 4.99 Å². The second-order valence-electron chi connectivity index (χ2n) is 5.65. The average Bonchev–Trinajstić information content (AvgIpc) is 2.86. The Labute approximate surface area is 159 Å². The van der Waals surface area contributed by atoms with Gasteiger partial charge in [0.15, 0.2) is 5.17 Å². The molecule has 1 saturated heterocycles. The molecule has 0 unspecified atom stereocenters. The standard InChI is InChI=1S/C18H14ClN3O3S/c1-11-3-4-12(9-15(11)22(24)25)10-16-17(23)21(2)18(26-16)20-14-7-5-13(19)6-8-14/h3-10H,1-2H3/b16-10+,20-18?. The first-order valence-electron chi connectivity index (χ1n) is 7.62. The van der Waals surface area contributed by atoms with Crippen molar-refractivity contribution in [3.8, 4) is 0 Å². The number of amides is 1. The predicted molar refractivity (Wildman–Crippen MR) is 105 cm³/mol. The van der Waals surface area contributed by atoms with Crippen molar-refractivity contribution >= 4 is 51.9 Å². The van der Waals surface area contributed by atoms with Crippen LogP contribution in [0, 0.1) is 17.0 Å². The number of halogens is 1. The molecule has 2 aromatic rings. The smallest absolute Gasteiger partial charge is 0.272 e. The van der Waals surface area contributed by atoms with Crippen molar-refractivity contribution in [1.29, 1.82) is 0 Å². The molecule has 8 heteroatoms. The van der Waals surface area contributed by atoms with Gasteiger partial charge < -0.3 is 0 Å². The van der Waals surface area contributed by atoms with Crippen molar-refractivity contribution in [2.75, 3.05) is 7.05 Å². The number of likely N-dealkylation sites (N-methyl/N-ethyl adjacent to an activating group) is 1. The molecule has 0 radical (unpaired) electrons. The monoisotopic (exact) mass is 387 g/mol. The van der Waals surface area contributed by atoms with Crippen molar-refractivity contribution in [1.82, 2.24) is 4.90 Å². The summed E-state index contributed by atoms with van der Waals surface area (Å²) in [4.78, 5) is 29.5. The molecule has 1 amide bonds. The summed E-state index contributed by atoms with van der Waals surface area (Å²) in [5.74, 6) is -0.203. The zero-order chi connectivity index (χ0) is 18.8. The van der Waals surface area contributed by atoms with Crippen LogP contribution in [-0.4, -0.2) is 27.9 Å². The number of hydrogen-bond acceptors (Lipinski definition) is 5. The first-order chi connectivity index (χ1) is 12.3. The predicted octanol–water partition coefficient (Wildman–Crippen LogP) is 4.79. The highest BCUT2D eigenvalue weighted by molar-refractivity contribution is 8.18. The minimum atomic E-state index is -0.430. The van der Waals surface area contributed by atoms with E-state index in [1.165, 1.54) is 22.7 Å². The van der Waals surface area contributed by atoms with Crippen LogP contribution in [0.5, 0.6) is 0 Å². The number of hydrogen-bond donors (Lipinski definition) is 0. The van der Waals surface area contributed by atoms with Gasteiger partial charge in [-0.2, -0.15) is 0 Å². The van der Waals surface area contributed by atoms with E-state index in [9.17, 15) is 14.9 Å². The summed E-state index contributed by atoms with van der Waals surface area (Å²) in [7, 11) is 1.64. The summed E-state index contributed by atoms with van der Waals surface area (Å²) >= 11 is 7.09. The average molecular weight is 388 g/mol. The number of nitrogens with zero attached hydrogens (tertiary/aromatic N) is 3. The molecule has 1 fully saturated rings. The van der Waals surface area contributed by atoms with E-state index in [2.05, 4.69) is 4.99 Å². The molecule has 0 N–H and O–H groups in total. The number of amidine groups is 1.